The first kappa shape index (κ1) is 7.10. The van der Waals surface area contributed by atoms with Crippen LogP contribution in [0.4, 0.5) is 4.39 Å². The van der Waals surface area contributed by atoms with E-state index in [0.29, 0.717) is 10.1 Å². The molecule has 0 aliphatic heterocycles. The fourth-order valence-corrected chi connectivity index (χ4v) is 1.11. The van der Waals surface area contributed by atoms with Crippen molar-refractivity contribution < 1.29 is 4.39 Å². The van der Waals surface area contributed by atoms with Crippen LogP contribution in [0.15, 0.2) is 22.2 Å². The summed E-state index contributed by atoms with van der Waals surface area (Å²) in [4.78, 5) is 0. The van der Waals surface area contributed by atoms with Crippen molar-refractivity contribution in [1.82, 2.24) is 0 Å². The van der Waals surface area contributed by atoms with Crippen molar-refractivity contribution in [3.8, 4) is 0 Å². The second kappa shape index (κ2) is 2.72. The molecule has 0 spiro atoms. The smallest absolute Gasteiger partial charge is 0.128 e. The van der Waals surface area contributed by atoms with E-state index in [0.717, 1.165) is 0 Å². The summed E-state index contributed by atoms with van der Waals surface area (Å²) >= 11 is 10.9. The van der Waals surface area contributed by atoms with Crippen LogP contribution in [-0.2, 0) is 0 Å². The van der Waals surface area contributed by atoms with E-state index < -0.39 is 6.17 Å². The molecular formula is C6H4Cl2F. The van der Waals surface area contributed by atoms with Gasteiger partial charge in [0, 0.05) is 16.5 Å². The van der Waals surface area contributed by atoms with Gasteiger partial charge in [-0.3, -0.25) is 0 Å². The zero-order valence-corrected chi connectivity index (χ0v) is 5.96. The first-order valence-corrected chi connectivity index (χ1v) is 3.17. The number of halogens is 3. The summed E-state index contributed by atoms with van der Waals surface area (Å²) in [6.07, 6.45) is 2.94. The predicted octanol–water partition coefficient (Wildman–Crippen LogP) is 2.79. The highest BCUT2D eigenvalue weighted by atomic mass is 35.5. The first-order chi connectivity index (χ1) is 4.18. The van der Waals surface area contributed by atoms with Gasteiger partial charge in [-0.05, 0) is 12.2 Å². The largest absolute Gasteiger partial charge is 0.242 e. The van der Waals surface area contributed by atoms with Gasteiger partial charge in [0.2, 0.25) is 0 Å². The molecule has 0 saturated heterocycles. The molecule has 0 aromatic heterocycles. The highest BCUT2D eigenvalue weighted by Gasteiger charge is 2.11. The maximum absolute atomic E-state index is 12.3. The summed E-state index contributed by atoms with van der Waals surface area (Å²) in [6.45, 7) is 0. The molecular weight excluding hydrogens is 162 g/mol. The zero-order valence-electron chi connectivity index (χ0n) is 4.44. The predicted molar refractivity (Wildman–Crippen MR) is 37.1 cm³/mol. The van der Waals surface area contributed by atoms with Crippen LogP contribution < -0.4 is 0 Å². The third-order valence-corrected chi connectivity index (χ3v) is 1.38. The molecule has 49 valence electrons. The van der Waals surface area contributed by atoms with Crippen molar-refractivity contribution in [1.29, 1.82) is 0 Å². The fourth-order valence-electron chi connectivity index (χ4n) is 0.580. The third kappa shape index (κ3) is 1.99. The molecule has 0 heterocycles. The number of allylic oxidation sites excluding steroid dienone is 4. The van der Waals surface area contributed by atoms with E-state index in [4.69, 9.17) is 23.2 Å². The van der Waals surface area contributed by atoms with E-state index in [9.17, 15) is 4.39 Å². The lowest BCUT2D eigenvalue weighted by molar-refractivity contribution is 0.449. The van der Waals surface area contributed by atoms with Crippen molar-refractivity contribution in [3.63, 3.8) is 0 Å². The van der Waals surface area contributed by atoms with Gasteiger partial charge < -0.3 is 0 Å². The fraction of sp³-hybridized carbons (Fsp3) is 0.167. The Morgan fingerprint density at radius 3 is 2.44 bits per heavy atom. The Hall–Kier alpha value is -0.0100. The second-order valence-corrected chi connectivity index (χ2v) is 2.56. The van der Waals surface area contributed by atoms with Gasteiger partial charge in [0.1, 0.15) is 6.17 Å². The van der Waals surface area contributed by atoms with Gasteiger partial charge in [0.05, 0.1) is 0 Å². The molecule has 0 saturated carbocycles. The van der Waals surface area contributed by atoms with Gasteiger partial charge >= 0.3 is 0 Å². The van der Waals surface area contributed by atoms with Gasteiger partial charge in [0.25, 0.3) is 0 Å². The van der Waals surface area contributed by atoms with Gasteiger partial charge in [-0.15, -0.1) is 0 Å². The van der Waals surface area contributed by atoms with E-state index in [1.165, 1.54) is 18.6 Å². The molecule has 0 amide bonds. The lowest BCUT2D eigenvalue weighted by Crippen LogP contribution is -2.00. The summed E-state index contributed by atoms with van der Waals surface area (Å²) in [5.41, 5.74) is 0. The van der Waals surface area contributed by atoms with Crippen LogP contribution >= 0.6 is 23.2 Å². The summed E-state index contributed by atoms with van der Waals surface area (Å²) in [7, 11) is 0. The van der Waals surface area contributed by atoms with Gasteiger partial charge in [-0.25, -0.2) is 4.39 Å². The summed E-state index contributed by atoms with van der Waals surface area (Å²) < 4.78 is 12.3. The molecule has 0 N–H and O–H groups in total. The number of hydrogen-bond donors (Lipinski definition) is 0. The minimum atomic E-state index is -1.13. The average molecular weight is 166 g/mol. The Balaban J connectivity index is 2.74. The van der Waals surface area contributed by atoms with Crippen LogP contribution in [0, 0.1) is 6.42 Å². The van der Waals surface area contributed by atoms with Gasteiger partial charge in [-0.2, -0.15) is 0 Å². The summed E-state index contributed by atoms with van der Waals surface area (Å²) in [5.74, 6) is 0. The lowest BCUT2D eigenvalue weighted by Gasteiger charge is -2.06. The number of hydrogen-bond acceptors (Lipinski definition) is 0. The standard InChI is InChI=1S/C6H4Cl2F/c7-4-1-5(8)3-6(9)2-4/h1-3,6H. The van der Waals surface area contributed by atoms with Crippen molar-refractivity contribution >= 4 is 23.2 Å². The summed E-state index contributed by atoms with van der Waals surface area (Å²) in [6, 6.07) is 0. The Kier molecular flexibility index (Phi) is 2.14. The SMILES string of the molecule is FC1[CH]C(Cl)=CC(Cl)=C1. The minimum absolute atomic E-state index is 0.356. The molecule has 9 heavy (non-hydrogen) atoms. The van der Waals surface area contributed by atoms with E-state index in [2.05, 4.69) is 0 Å². The third-order valence-electron chi connectivity index (χ3n) is 0.913. The van der Waals surface area contributed by atoms with Crippen LogP contribution in [0.3, 0.4) is 0 Å². The molecule has 1 radical (unpaired) electrons. The molecule has 1 atom stereocenters. The molecule has 1 rings (SSSR count). The Morgan fingerprint density at radius 1 is 1.33 bits per heavy atom. The van der Waals surface area contributed by atoms with Crippen LogP contribution in [0.2, 0.25) is 0 Å². The lowest BCUT2D eigenvalue weighted by atomic mass is 10.2. The van der Waals surface area contributed by atoms with Crippen molar-refractivity contribution in [3.05, 3.63) is 28.6 Å². The normalized spacial score (nSPS) is 27.2. The quantitative estimate of drug-likeness (QED) is 0.518. The maximum Gasteiger partial charge on any atom is 0.128 e. The first-order valence-electron chi connectivity index (χ1n) is 2.42. The Bertz CT molecular complexity index is 172. The van der Waals surface area contributed by atoms with E-state index in [1.807, 2.05) is 0 Å². The highest BCUT2D eigenvalue weighted by Crippen LogP contribution is 2.23. The molecule has 0 aromatic rings. The van der Waals surface area contributed by atoms with Gasteiger partial charge in [-0.1, -0.05) is 23.2 Å². The molecule has 0 aromatic carbocycles. The van der Waals surface area contributed by atoms with Crippen molar-refractivity contribution in [2.45, 2.75) is 6.17 Å². The molecule has 1 unspecified atom stereocenters. The topological polar surface area (TPSA) is 0 Å². The number of alkyl halides is 1. The van der Waals surface area contributed by atoms with Crippen molar-refractivity contribution in [2.24, 2.45) is 0 Å². The average Bonchev–Trinajstić information content (AvgIpc) is 1.59. The molecule has 1 aliphatic rings. The Morgan fingerprint density at radius 2 is 2.00 bits per heavy atom. The van der Waals surface area contributed by atoms with Crippen LogP contribution in [0.1, 0.15) is 0 Å². The van der Waals surface area contributed by atoms with Crippen LogP contribution in [0.25, 0.3) is 0 Å². The van der Waals surface area contributed by atoms with E-state index in [-0.39, 0.29) is 0 Å². The highest BCUT2D eigenvalue weighted by molar-refractivity contribution is 6.35. The van der Waals surface area contributed by atoms with E-state index >= 15 is 0 Å². The second-order valence-electron chi connectivity index (χ2n) is 1.69. The molecule has 0 fully saturated rings. The van der Waals surface area contributed by atoms with Crippen molar-refractivity contribution in [2.75, 3.05) is 0 Å². The molecule has 0 bridgehead atoms. The molecule has 1 aliphatic carbocycles. The van der Waals surface area contributed by atoms with Crippen LogP contribution in [-0.4, -0.2) is 6.17 Å². The van der Waals surface area contributed by atoms with Gasteiger partial charge in [0.15, 0.2) is 0 Å². The van der Waals surface area contributed by atoms with E-state index in [1.54, 1.807) is 0 Å². The minimum Gasteiger partial charge on any atom is -0.242 e. The number of rotatable bonds is 0. The maximum atomic E-state index is 12.3. The Labute approximate surface area is 63.0 Å². The molecule has 0 nitrogen and oxygen atoms in total. The zero-order chi connectivity index (χ0) is 6.85. The van der Waals surface area contributed by atoms with Crippen LogP contribution in [0.5, 0.6) is 0 Å². The monoisotopic (exact) mass is 165 g/mol. The summed E-state index contributed by atoms with van der Waals surface area (Å²) in [5, 5.41) is 0.713. The molecule has 3 heteroatoms.